The molecule has 1 aromatic carbocycles. The predicted octanol–water partition coefficient (Wildman–Crippen LogP) is 2.67. The number of anilines is 1. The van der Waals surface area contributed by atoms with E-state index in [4.69, 9.17) is 21.4 Å². The topological polar surface area (TPSA) is 41.5 Å². The van der Waals surface area contributed by atoms with Gasteiger partial charge in [-0.3, -0.25) is 0 Å². The third-order valence-corrected chi connectivity index (χ3v) is 2.76. The lowest BCUT2D eigenvalue weighted by atomic mass is 10.1. The lowest BCUT2D eigenvalue weighted by molar-refractivity contribution is 0.184. The van der Waals surface area contributed by atoms with Crippen LogP contribution in [0.2, 0.25) is 5.02 Å². The Morgan fingerprint density at radius 2 is 2.25 bits per heavy atom. The third kappa shape index (κ3) is 3.67. The molecule has 3 nitrogen and oxygen atoms in total. The second-order valence-corrected chi connectivity index (χ2v) is 4.08. The van der Waals surface area contributed by atoms with Gasteiger partial charge in [0.15, 0.2) is 0 Å². The maximum atomic E-state index is 9.05. The van der Waals surface area contributed by atoms with Gasteiger partial charge < -0.3 is 15.2 Å². The fourth-order valence-corrected chi connectivity index (χ4v) is 1.64. The van der Waals surface area contributed by atoms with Gasteiger partial charge in [-0.05, 0) is 24.1 Å². The Morgan fingerprint density at radius 3 is 2.81 bits per heavy atom. The molecule has 90 valence electrons. The van der Waals surface area contributed by atoms with E-state index in [1.54, 1.807) is 13.2 Å². The number of aliphatic hydroxyl groups is 1. The number of benzene rings is 1. The van der Waals surface area contributed by atoms with E-state index in [9.17, 15) is 0 Å². The van der Waals surface area contributed by atoms with Crippen molar-refractivity contribution in [3.05, 3.63) is 28.8 Å². The second kappa shape index (κ2) is 6.74. The van der Waals surface area contributed by atoms with Crippen LogP contribution in [-0.2, 0) is 11.3 Å². The zero-order chi connectivity index (χ0) is 12.0. The summed E-state index contributed by atoms with van der Waals surface area (Å²) in [5, 5.41) is 13.0. The minimum atomic E-state index is 0.0208. The number of methoxy groups -OCH3 is 1. The summed E-state index contributed by atoms with van der Waals surface area (Å²) in [5.74, 6) is 0. The van der Waals surface area contributed by atoms with Gasteiger partial charge in [-0.2, -0.15) is 0 Å². The normalized spacial score (nSPS) is 12.5. The maximum absolute atomic E-state index is 9.05. The Balaban J connectivity index is 2.77. The number of ether oxygens (including phenoxy) is 1. The SMILES string of the molecule is CCC(COC)Nc1cc(CO)ccc1Cl. The van der Waals surface area contributed by atoms with E-state index in [1.807, 2.05) is 12.1 Å². The minimum absolute atomic E-state index is 0.0208. The summed E-state index contributed by atoms with van der Waals surface area (Å²) in [4.78, 5) is 0. The Hall–Kier alpha value is -0.770. The molecule has 0 radical (unpaired) electrons. The largest absolute Gasteiger partial charge is 0.392 e. The molecule has 16 heavy (non-hydrogen) atoms. The Kier molecular flexibility index (Phi) is 5.60. The van der Waals surface area contributed by atoms with Crippen molar-refractivity contribution in [2.75, 3.05) is 19.0 Å². The lowest BCUT2D eigenvalue weighted by Crippen LogP contribution is -2.24. The van der Waals surface area contributed by atoms with Crippen LogP contribution in [0.4, 0.5) is 5.69 Å². The molecule has 1 unspecified atom stereocenters. The van der Waals surface area contributed by atoms with E-state index in [1.165, 1.54) is 0 Å². The van der Waals surface area contributed by atoms with Gasteiger partial charge in [-0.1, -0.05) is 24.6 Å². The second-order valence-electron chi connectivity index (χ2n) is 3.68. The van der Waals surface area contributed by atoms with E-state index in [2.05, 4.69) is 12.2 Å². The van der Waals surface area contributed by atoms with Gasteiger partial charge in [0.25, 0.3) is 0 Å². The summed E-state index contributed by atoms with van der Waals surface area (Å²) in [6.45, 7) is 2.74. The van der Waals surface area contributed by atoms with Crippen molar-refractivity contribution in [2.45, 2.75) is 26.0 Å². The summed E-state index contributed by atoms with van der Waals surface area (Å²) in [6.07, 6.45) is 0.952. The van der Waals surface area contributed by atoms with Crippen LogP contribution >= 0.6 is 11.6 Å². The molecule has 2 N–H and O–H groups in total. The number of rotatable bonds is 6. The van der Waals surface area contributed by atoms with Crippen LogP contribution in [0.5, 0.6) is 0 Å². The first-order chi connectivity index (χ1) is 7.71. The van der Waals surface area contributed by atoms with E-state index in [-0.39, 0.29) is 12.6 Å². The third-order valence-electron chi connectivity index (χ3n) is 2.43. The van der Waals surface area contributed by atoms with Gasteiger partial charge in [0.05, 0.1) is 23.9 Å². The predicted molar refractivity (Wildman–Crippen MR) is 67.0 cm³/mol. The van der Waals surface area contributed by atoms with Gasteiger partial charge in [-0.15, -0.1) is 0 Å². The maximum Gasteiger partial charge on any atom is 0.0682 e. The number of halogens is 1. The highest BCUT2D eigenvalue weighted by Gasteiger charge is 2.08. The van der Waals surface area contributed by atoms with Crippen molar-refractivity contribution in [3.63, 3.8) is 0 Å². The first-order valence-electron chi connectivity index (χ1n) is 5.36. The van der Waals surface area contributed by atoms with Crippen LogP contribution in [0.15, 0.2) is 18.2 Å². The molecule has 1 aromatic rings. The Bertz CT molecular complexity index is 331. The van der Waals surface area contributed by atoms with Gasteiger partial charge in [0, 0.05) is 13.2 Å². The van der Waals surface area contributed by atoms with Gasteiger partial charge in [0.2, 0.25) is 0 Å². The molecule has 0 aliphatic rings. The first kappa shape index (κ1) is 13.3. The lowest BCUT2D eigenvalue weighted by Gasteiger charge is -2.18. The summed E-state index contributed by atoms with van der Waals surface area (Å²) < 4.78 is 5.11. The summed E-state index contributed by atoms with van der Waals surface area (Å²) in [7, 11) is 1.68. The molecular weight excluding hydrogens is 226 g/mol. The van der Waals surface area contributed by atoms with Crippen LogP contribution in [0, 0.1) is 0 Å². The van der Waals surface area contributed by atoms with Gasteiger partial charge in [-0.25, -0.2) is 0 Å². The number of aliphatic hydroxyl groups excluding tert-OH is 1. The van der Waals surface area contributed by atoms with Crippen molar-refractivity contribution < 1.29 is 9.84 Å². The van der Waals surface area contributed by atoms with Crippen LogP contribution in [0.3, 0.4) is 0 Å². The average molecular weight is 244 g/mol. The van der Waals surface area contributed by atoms with Crippen molar-refractivity contribution in [1.29, 1.82) is 0 Å². The highest BCUT2D eigenvalue weighted by Crippen LogP contribution is 2.24. The van der Waals surface area contributed by atoms with E-state index in [0.717, 1.165) is 17.7 Å². The van der Waals surface area contributed by atoms with Crippen LogP contribution < -0.4 is 5.32 Å². The highest BCUT2D eigenvalue weighted by atomic mass is 35.5. The molecule has 0 saturated heterocycles. The minimum Gasteiger partial charge on any atom is -0.392 e. The Morgan fingerprint density at radius 1 is 1.50 bits per heavy atom. The fraction of sp³-hybridized carbons (Fsp3) is 0.500. The summed E-state index contributed by atoms with van der Waals surface area (Å²) in [6, 6.07) is 5.69. The van der Waals surface area contributed by atoms with Gasteiger partial charge >= 0.3 is 0 Å². The summed E-state index contributed by atoms with van der Waals surface area (Å²) in [5.41, 5.74) is 1.69. The molecule has 1 atom stereocenters. The molecule has 0 saturated carbocycles. The molecule has 1 rings (SSSR count). The molecule has 0 bridgehead atoms. The number of hydrogen-bond acceptors (Lipinski definition) is 3. The van der Waals surface area contributed by atoms with E-state index >= 15 is 0 Å². The standard InChI is InChI=1S/C12H18ClNO2/c1-3-10(8-16-2)14-12-6-9(7-15)4-5-11(12)13/h4-6,10,14-15H,3,7-8H2,1-2H3. The van der Waals surface area contributed by atoms with Crippen LogP contribution in [0.1, 0.15) is 18.9 Å². The number of nitrogens with one attached hydrogen (secondary N) is 1. The monoisotopic (exact) mass is 243 g/mol. The van der Waals surface area contributed by atoms with Gasteiger partial charge in [0.1, 0.15) is 0 Å². The molecular formula is C12H18ClNO2. The zero-order valence-corrected chi connectivity index (χ0v) is 10.4. The quantitative estimate of drug-likeness (QED) is 0.807. The van der Waals surface area contributed by atoms with Crippen LogP contribution in [-0.4, -0.2) is 24.9 Å². The molecule has 0 aromatic heterocycles. The fourth-order valence-electron chi connectivity index (χ4n) is 1.46. The molecule has 0 heterocycles. The molecule has 0 spiro atoms. The van der Waals surface area contributed by atoms with Crippen molar-refractivity contribution in [1.82, 2.24) is 0 Å². The Labute approximate surface area is 101 Å². The van der Waals surface area contributed by atoms with E-state index in [0.29, 0.717) is 11.6 Å². The van der Waals surface area contributed by atoms with Crippen molar-refractivity contribution in [2.24, 2.45) is 0 Å². The average Bonchev–Trinajstić information content (AvgIpc) is 2.31. The molecule has 0 aliphatic carbocycles. The van der Waals surface area contributed by atoms with E-state index < -0.39 is 0 Å². The molecule has 0 aliphatic heterocycles. The van der Waals surface area contributed by atoms with Crippen LogP contribution in [0.25, 0.3) is 0 Å². The number of hydrogen-bond donors (Lipinski definition) is 2. The molecule has 4 heteroatoms. The zero-order valence-electron chi connectivity index (χ0n) is 9.66. The smallest absolute Gasteiger partial charge is 0.0682 e. The van der Waals surface area contributed by atoms with Crippen molar-refractivity contribution in [3.8, 4) is 0 Å². The molecule has 0 amide bonds. The first-order valence-corrected chi connectivity index (χ1v) is 5.73. The molecule has 0 fully saturated rings. The summed E-state index contributed by atoms with van der Waals surface area (Å²) >= 11 is 6.07. The van der Waals surface area contributed by atoms with Crippen molar-refractivity contribution >= 4 is 17.3 Å². The highest BCUT2D eigenvalue weighted by molar-refractivity contribution is 6.33.